The number of aromatic nitrogens is 1. The molecular weight excluding hydrogens is 557 g/mol. The summed E-state index contributed by atoms with van der Waals surface area (Å²) in [5.41, 5.74) is 4.25. The van der Waals surface area contributed by atoms with E-state index in [4.69, 9.17) is 17.0 Å². The van der Waals surface area contributed by atoms with Crippen molar-refractivity contribution in [1.82, 2.24) is 4.98 Å². The van der Waals surface area contributed by atoms with Gasteiger partial charge in [0.05, 0.1) is 12.8 Å². The van der Waals surface area contributed by atoms with Crippen LogP contribution in [0.15, 0.2) is 119 Å². The first-order valence-corrected chi connectivity index (χ1v) is 14.6. The van der Waals surface area contributed by atoms with Crippen LogP contribution >= 0.6 is 35.3 Å². The Labute approximate surface area is 246 Å². The summed E-state index contributed by atoms with van der Waals surface area (Å²) in [6, 6.07) is 35.0. The van der Waals surface area contributed by atoms with Gasteiger partial charge < -0.3 is 20.7 Å². The van der Waals surface area contributed by atoms with Crippen LogP contribution in [0.4, 0.5) is 16.5 Å². The van der Waals surface area contributed by atoms with Gasteiger partial charge in [-0.25, -0.2) is 4.98 Å². The van der Waals surface area contributed by atoms with Gasteiger partial charge in [0.15, 0.2) is 10.2 Å². The fourth-order valence-corrected chi connectivity index (χ4v) is 6.01. The van der Waals surface area contributed by atoms with Crippen LogP contribution in [0.1, 0.15) is 10.8 Å². The number of nitrogens with zero attached hydrogens (tertiary/aromatic N) is 1. The third kappa shape index (κ3) is 7.06. The standard InChI is InChI=1S/C31H26N4O2S3/c1-37-27-18-9-8-17-25(27)26-20-39-31(34-26)35-29(36)28(21-11-4-2-5-12-21)40-24-16-10-15-23(19-24)33-30(38)32-22-13-6-3-7-14-22/h2-20,28H,1H3,(H2,32,33,38)(H,34,35,36). The second kappa shape index (κ2) is 13.3. The summed E-state index contributed by atoms with van der Waals surface area (Å²) in [5.74, 6) is 0.576. The Balaban J connectivity index is 1.31. The van der Waals surface area contributed by atoms with E-state index in [1.807, 2.05) is 115 Å². The summed E-state index contributed by atoms with van der Waals surface area (Å²) in [6.45, 7) is 0. The molecule has 0 bridgehead atoms. The van der Waals surface area contributed by atoms with Gasteiger partial charge in [0, 0.05) is 27.2 Å². The normalized spacial score (nSPS) is 11.3. The van der Waals surface area contributed by atoms with Crippen molar-refractivity contribution < 1.29 is 9.53 Å². The minimum Gasteiger partial charge on any atom is -0.496 e. The molecular formula is C31H26N4O2S3. The molecule has 5 rings (SSSR count). The average Bonchev–Trinajstić information content (AvgIpc) is 3.45. The van der Waals surface area contributed by atoms with Crippen molar-refractivity contribution >= 4 is 62.8 Å². The first-order chi connectivity index (χ1) is 19.6. The molecule has 5 aromatic rings. The Morgan fingerprint density at radius 3 is 2.30 bits per heavy atom. The molecule has 0 spiro atoms. The van der Waals surface area contributed by atoms with Crippen molar-refractivity contribution in [1.29, 1.82) is 0 Å². The first kappa shape index (κ1) is 27.4. The number of carbonyl (C=O) groups is 1. The number of ether oxygens (including phenoxy) is 1. The van der Waals surface area contributed by atoms with E-state index in [1.165, 1.54) is 23.1 Å². The molecule has 6 nitrogen and oxygen atoms in total. The third-order valence-corrected chi connectivity index (χ3v) is 8.05. The number of thiocarbonyl (C=S) groups is 1. The van der Waals surface area contributed by atoms with Gasteiger partial charge in [-0.1, -0.05) is 66.7 Å². The monoisotopic (exact) mass is 582 g/mol. The summed E-state index contributed by atoms with van der Waals surface area (Å²) >= 11 is 8.33. The molecule has 0 aliphatic heterocycles. The molecule has 1 unspecified atom stereocenters. The molecule has 1 amide bonds. The SMILES string of the molecule is COc1ccccc1-c1csc(NC(=O)C(Sc2cccc(NC(=S)Nc3ccccc3)c2)c2ccccc2)n1. The van der Waals surface area contributed by atoms with Crippen molar-refractivity contribution in [2.24, 2.45) is 0 Å². The van der Waals surface area contributed by atoms with Gasteiger partial charge in [-0.05, 0) is 60.2 Å². The largest absolute Gasteiger partial charge is 0.496 e. The number of nitrogens with one attached hydrogen (secondary N) is 3. The van der Waals surface area contributed by atoms with Crippen molar-refractivity contribution in [3.63, 3.8) is 0 Å². The number of hydrogen-bond donors (Lipinski definition) is 3. The van der Waals surface area contributed by atoms with Crippen molar-refractivity contribution in [3.05, 3.63) is 120 Å². The lowest BCUT2D eigenvalue weighted by atomic mass is 10.1. The third-order valence-electron chi connectivity index (χ3n) is 5.84. The smallest absolute Gasteiger partial charge is 0.244 e. The van der Waals surface area contributed by atoms with E-state index in [-0.39, 0.29) is 5.91 Å². The Morgan fingerprint density at radius 1 is 0.850 bits per heavy atom. The maximum absolute atomic E-state index is 13.6. The molecule has 0 radical (unpaired) electrons. The van der Waals surface area contributed by atoms with E-state index in [2.05, 4.69) is 20.9 Å². The van der Waals surface area contributed by atoms with Crippen LogP contribution in [0.5, 0.6) is 5.75 Å². The molecule has 0 saturated carbocycles. The Kier molecular flexibility index (Phi) is 9.07. The molecule has 0 saturated heterocycles. The van der Waals surface area contributed by atoms with Crippen LogP contribution in [0, 0.1) is 0 Å². The number of anilines is 3. The lowest BCUT2D eigenvalue weighted by Crippen LogP contribution is -2.19. The molecule has 0 fully saturated rings. The molecule has 0 aliphatic carbocycles. The van der Waals surface area contributed by atoms with Crippen LogP contribution in [0.25, 0.3) is 11.3 Å². The van der Waals surface area contributed by atoms with Gasteiger partial charge in [0.2, 0.25) is 5.91 Å². The van der Waals surface area contributed by atoms with Crippen LogP contribution in [-0.4, -0.2) is 23.1 Å². The van der Waals surface area contributed by atoms with Gasteiger partial charge >= 0.3 is 0 Å². The molecule has 1 aromatic heterocycles. The van der Waals surface area contributed by atoms with Gasteiger partial charge in [0.25, 0.3) is 0 Å². The maximum atomic E-state index is 13.6. The average molecular weight is 583 g/mol. The Hall–Kier alpha value is -4.18. The topological polar surface area (TPSA) is 75.3 Å². The molecule has 9 heteroatoms. The molecule has 4 aromatic carbocycles. The quantitative estimate of drug-likeness (QED) is 0.120. The van der Waals surface area contributed by atoms with Gasteiger partial charge in [-0.15, -0.1) is 23.1 Å². The molecule has 200 valence electrons. The number of thiazole rings is 1. The second-order valence-corrected chi connectivity index (χ2v) is 11.1. The number of amides is 1. The zero-order chi connectivity index (χ0) is 27.7. The van der Waals surface area contributed by atoms with Gasteiger partial charge in [-0.2, -0.15) is 0 Å². The molecule has 1 atom stereocenters. The van der Waals surface area contributed by atoms with E-state index in [0.29, 0.717) is 10.2 Å². The van der Waals surface area contributed by atoms with Crippen molar-refractivity contribution in [2.45, 2.75) is 10.1 Å². The lowest BCUT2D eigenvalue weighted by Gasteiger charge is -2.17. The summed E-state index contributed by atoms with van der Waals surface area (Å²) in [5, 5.41) is 11.9. The number of methoxy groups -OCH3 is 1. The number of benzene rings is 4. The summed E-state index contributed by atoms with van der Waals surface area (Å²) < 4.78 is 5.47. The fraction of sp³-hybridized carbons (Fsp3) is 0.0645. The molecule has 40 heavy (non-hydrogen) atoms. The lowest BCUT2D eigenvalue weighted by molar-refractivity contribution is -0.115. The van der Waals surface area contributed by atoms with Crippen LogP contribution in [0.3, 0.4) is 0 Å². The summed E-state index contributed by atoms with van der Waals surface area (Å²) in [6.07, 6.45) is 0. The minimum atomic E-state index is -0.496. The molecule has 0 aliphatic rings. The highest BCUT2D eigenvalue weighted by Gasteiger charge is 2.23. The highest BCUT2D eigenvalue weighted by molar-refractivity contribution is 8.00. The number of thioether (sulfide) groups is 1. The second-order valence-electron chi connectivity index (χ2n) is 8.61. The molecule has 1 heterocycles. The van der Waals surface area contributed by atoms with E-state index in [1.54, 1.807) is 7.11 Å². The highest BCUT2D eigenvalue weighted by Crippen LogP contribution is 2.38. The maximum Gasteiger partial charge on any atom is 0.244 e. The van der Waals surface area contributed by atoms with Crippen molar-refractivity contribution in [3.8, 4) is 17.0 Å². The Bertz CT molecular complexity index is 1590. The van der Waals surface area contributed by atoms with Gasteiger partial charge in [-0.3, -0.25) is 4.79 Å². The first-order valence-electron chi connectivity index (χ1n) is 12.4. The van der Waals surface area contributed by atoms with Crippen LogP contribution in [-0.2, 0) is 4.79 Å². The highest BCUT2D eigenvalue weighted by atomic mass is 32.2. The Morgan fingerprint density at radius 2 is 1.52 bits per heavy atom. The van der Waals surface area contributed by atoms with E-state index in [0.717, 1.165) is 38.8 Å². The number of hydrogen-bond acceptors (Lipinski definition) is 6. The molecule has 3 N–H and O–H groups in total. The predicted octanol–water partition coefficient (Wildman–Crippen LogP) is 8.10. The fourth-order valence-electron chi connectivity index (χ4n) is 3.98. The number of carbonyl (C=O) groups excluding carboxylic acids is 1. The van der Waals surface area contributed by atoms with Crippen LogP contribution < -0.4 is 20.7 Å². The van der Waals surface area contributed by atoms with Gasteiger partial charge in [0.1, 0.15) is 11.0 Å². The van der Waals surface area contributed by atoms with E-state index in [9.17, 15) is 4.79 Å². The zero-order valence-corrected chi connectivity index (χ0v) is 24.0. The van der Waals surface area contributed by atoms with E-state index >= 15 is 0 Å². The zero-order valence-electron chi connectivity index (χ0n) is 21.5. The summed E-state index contributed by atoms with van der Waals surface area (Å²) in [7, 11) is 1.63. The summed E-state index contributed by atoms with van der Waals surface area (Å²) in [4.78, 5) is 19.2. The van der Waals surface area contributed by atoms with Crippen LogP contribution in [0.2, 0.25) is 0 Å². The van der Waals surface area contributed by atoms with E-state index < -0.39 is 5.25 Å². The predicted molar refractivity (Wildman–Crippen MR) is 170 cm³/mol. The minimum absolute atomic E-state index is 0.156. The van der Waals surface area contributed by atoms with Crippen molar-refractivity contribution in [2.75, 3.05) is 23.1 Å². The number of para-hydroxylation sites is 2. The number of rotatable bonds is 9.